The maximum Gasteiger partial charge on any atom is 0.00264 e. The van der Waals surface area contributed by atoms with Crippen molar-refractivity contribution in [3.8, 4) is 0 Å². The van der Waals surface area contributed by atoms with E-state index in [-0.39, 0.29) is 0 Å². The van der Waals surface area contributed by atoms with E-state index in [1.54, 1.807) is 5.57 Å². The van der Waals surface area contributed by atoms with E-state index in [4.69, 9.17) is 0 Å². The molecule has 72 valence electrons. The van der Waals surface area contributed by atoms with Gasteiger partial charge in [0.2, 0.25) is 0 Å². The highest BCUT2D eigenvalue weighted by Gasteiger charge is 2.30. The average molecular weight is 184 g/mol. The summed E-state index contributed by atoms with van der Waals surface area (Å²) < 4.78 is 0. The van der Waals surface area contributed by atoms with Crippen LogP contribution in [0.4, 0.5) is 0 Å². The van der Waals surface area contributed by atoms with Gasteiger partial charge in [-0.1, -0.05) is 42.0 Å². The van der Waals surface area contributed by atoms with Gasteiger partial charge >= 0.3 is 0 Å². The predicted molar refractivity (Wildman–Crippen MR) is 59.2 cm³/mol. The fourth-order valence-corrected chi connectivity index (χ4v) is 3.00. The van der Waals surface area contributed by atoms with Crippen LogP contribution in [0.15, 0.2) is 42.0 Å². The molecule has 1 aromatic carbocycles. The van der Waals surface area contributed by atoms with E-state index >= 15 is 0 Å². The van der Waals surface area contributed by atoms with Crippen LogP contribution >= 0.6 is 0 Å². The van der Waals surface area contributed by atoms with Crippen molar-refractivity contribution in [2.75, 3.05) is 0 Å². The Kier molecular flexibility index (Phi) is 1.93. The van der Waals surface area contributed by atoms with Gasteiger partial charge in [-0.05, 0) is 37.2 Å². The summed E-state index contributed by atoms with van der Waals surface area (Å²) >= 11 is 0. The summed E-state index contributed by atoms with van der Waals surface area (Å²) in [4.78, 5) is 0. The molecule has 14 heavy (non-hydrogen) atoms. The number of benzene rings is 1. The molecule has 0 N–H and O–H groups in total. The van der Waals surface area contributed by atoms with Crippen molar-refractivity contribution < 1.29 is 0 Å². The number of hydrogen-bond donors (Lipinski definition) is 0. The Hall–Kier alpha value is -1.04. The SMILES string of the molecule is C1=C2CCC[C@H]2C[C@H]1c1ccccc1. The van der Waals surface area contributed by atoms with Gasteiger partial charge in [0.05, 0.1) is 0 Å². The van der Waals surface area contributed by atoms with Crippen molar-refractivity contribution in [1.29, 1.82) is 0 Å². The van der Waals surface area contributed by atoms with E-state index in [0.717, 1.165) is 11.8 Å². The summed E-state index contributed by atoms with van der Waals surface area (Å²) in [6.07, 6.45) is 8.15. The summed E-state index contributed by atoms with van der Waals surface area (Å²) in [6, 6.07) is 10.9. The first kappa shape index (κ1) is 8.28. The van der Waals surface area contributed by atoms with E-state index in [1.807, 2.05) is 0 Å². The lowest BCUT2D eigenvalue weighted by molar-refractivity contribution is 0.577. The minimum Gasteiger partial charge on any atom is -0.0775 e. The van der Waals surface area contributed by atoms with Gasteiger partial charge in [-0.15, -0.1) is 0 Å². The number of rotatable bonds is 1. The molecule has 2 atom stereocenters. The molecule has 0 saturated heterocycles. The molecule has 1 fully saturated rings. The summed E-state index contributed by atoms with van der Waals surface area (Å²) in [7, 11) is 0. The third kappa shape index (κ3) is 1.30. The van der Waals surface area contributed by atoms with Crippen molar-refractivity contribution in [3.63, 3.8) is 0 Å². The van der Waals surface area contributed by atoms with Crippen molar-refractivity contribution in [1.82, 2.24) is 0 Å². The first-order valence-electron chi connectivity index (χ1n) is 5.69. The van der Waals surface area contributed by atoms with E-state index in [9.17, 15) is 0 Å². The van der Waals surface area contributed by atoms with Crippen molar-refractivity contribution in [2.24, 2.45) is 5.92 Å². The number of hydrogen-bond acceptors (Lipinski definition) is 0. The standard InChI is InChI=1S/C14H16/c1-2-5-11(6-3-1)14-9-12-7-4-8-13(12)10-14/h1-3,5-6,9,13-14H,4,7-8,10H2/t13-,14-/m0/s1. The van der Waals surface area contributed by atoms with Crippen LogP contribution in [0.25, 0.3) is 0 Å². The molecular formula is C14H16. The van der Waals surface area contributed by atoms with Crippen LogP contribution in [-0.4, -0.2) is 0 Å². The Morgan fingerprint density at radius 3 is 2.71 bits per heavy atom. The molecule has 3 rings (SSSR count). The van der Waals surface area contributed by atoms with Crippen LogP contribution < -0.4 is 0 Å². The van der Waals surface area contributed by atoms with Gasteiger partial charge in [-0.25, -0.2) is 0 Å². The molecule has 0 radical (unpaired) electrons. The minimum absolute atomic E-state index is 0.719. The first-order valence-corrected chi connectivity index (χ1v) is 5.69. The van der Waals surface area contributed by atoms with Gasteiger partial charge in [0.25, 0.3) is 0 Å². The van der Waals surface area contributed by atoms with Gasteiger partial charge in [-0.3, -0.25) is 0 Å². The van der Waals surface area contributed by atoms with Crippen molar-refractivity contribution >= 4 is 0 Å². The summed E-state index contributed by atoms with van der Waals surface area (Å²) in [5, 5.41) is 0. The maximum absolute atomic E-state index is 2.53. The van der Waals surface area contributed by atoms with Gasteiger partial charge in [0.15, 0.2) is 0 Å². The first-order chi connectivity index (χ1) is 6.93. The Morgan fingerprint density at radius 1 is 1.07 bits per heavy atom. The molecule has 2 aliphatic rings. The zero-order chi connectivity index (χ0) is 9.38. The van der Waals surface area contributed by atoms with Crippen LogP contribution in [0.1, 0.15) is 37.2 Å². The van der Waals surface area contributed by atoms with Gasteiger partial charge in [0.1, 0.15) is 0 Å². The van der Waals surface area contributed by atoms with Gasteiger partial charge < -0.3 is 0 Å². The molecule has 1 saturated carbocycles. The second kappa shape index (κ2) is 3.27. The fraction of sp³-hybridized carbons (Fsp3) is 0.429. The molecule has 0 unspecified atom stereocenters. The molecule has 0 spiro atoms. The molecule has 0 aromatic heterocycles. The van der Waals surface area contributed by atoms with Gasteiger partial charge in [0, 0.05) is 5.92 Å². The highest BCUT2D eigenvalue weighted by atomic mass is 14.3. The van der Waals surface area contributed by atoms with Crippen LogP contribution in [0.2, 0.25) is 0 Å². The predicted octanol–water partition coefficient (Wildman–Crippen LogP) is 3.90. The third-order valence-electron chi connectivity index (χ3n) is 3.72. The second-order valence-corrected chi connectivity index (χ2v) is 4.58. The Morgan fingerprint density at radius 2 is 1.93 bits per heavy atom. The van der Waals surface area contributed by atoms with Crippen LogP contribution in [0.3, 0.4) is 0 Å². The molecular weight excluding hydrogens is 168 g/mol. The summed E-state index contributed by atoms with van der Waals surface area (Å²) in [5.41, 5.74) is 3.26. The zero-order valence-corrected chi connectivity index (χ0v) is 8.45. The molecule has 2 aliphatic carbocycles. The maximum atomic E-state index is 2.53. The van der Waals surface area contributed by atoms with E-state index in [2.05, 4.69) is 36.4 Å². The lowest BCUT2D eigenvalue weighted by Gasteiger charge is -2.10. The summed E-state index contributed by atoms with van der Waals surface area (Å²) in [5.74, 6) is 1.65. The van der Waals surface area contributed by atoms with E-state index in [1.165, 1.54) is 31.2 Å². The van der Waals surface area contributed by atoms with E-state index < -0.39 is 0 Å². The molecule has 0 nitrogen and oxygen atoms in total. The monoisotopic (exact) mass is 184 g/mol. The minimum atomic E-state index is 0.719. The van der Waals surface area contributed by atoms with E-state index in [0.29, 0.717) is 0 Å². The highest BCUT2D eigenvalue weighted by molar-refractivity contribution is 5.31. The fourth-order valence-electron chi connectivity index (χ4n) is 3.00. The molecule has 0 heteroatoms. The van der Waals surface area contributed by atoms with Crippen LogP contribution in [0, 0.1) is 5.92 Å². The molecule has 0 heterocycles. The normalized spacial score (nSPS) is 30.1. The average Bonchev–Trinajstić information content (AvgIpc) is 2.78. The molecule has 0 bridgehead atoms. The highest BCUT2D eigenvalue weighted by Crippen LogP contribution is 2.45. The zero-order valence-electron chi connectivity index (χ0n) is 8.45. The number of fused-ring (bicyclic) bond motifs is 1. The Labute approximate surface area is 85.6 Å². The number of allylic oxidation sites excluding steroid dienone is 2. The Bertz CT molecular complexity index is 348. The third-order valence-corrected chi connectivity index (χ3v) is 3.72. The van der Waals surface area contributed by atoms with Crippen molar-refractivity contribution in [2.45, 2.75) is 31.6 Å². The molecule has 0 aliphatic heterocycles. The molecule has 1 aromatic rings. The second-order valence-electron chi connectivity index (χ2n) is 4.58. The largest absolute Gasteiger partial charge is 0.0775 e. The van der Waals surface area contributed by atoms with Crippen LogP contribution in [-0.2, 0) is 0 Å². The summed E-state index contributed by atoms with van der Waals surface area (Å²) in [6.45, 7) is 0. The Balaban J connectivity index is 1.87. The topological polar surface area (TPSA) is 0 Å². The van der Waals surface area contributed by atoms with Gasteiger partial charge in [-0.2, -0.15) is 0 Å². The molecule has 0 amide bonds. The lowest BCUT2D eigenvalue weighted by Crippen LogP contribution is -1.95. The quantitative estimate of drug-likeness (QED) is 0.581. The van der Waals surface area contributed by atoms with Crippen molar-refractivity contribution in [3.05, 3.63) is 47.5 Å². The smallest absolute Gasteiger partial charge is 0.00264 e. The lowest BCUT2D eigenvalue weighted by atomic mass is 9.95. The van der Waals surface area contributed by atoms with Crippen LogP contribution in [0.5, 0.6) is 0 Å².